The van der Waals surface area contributed by atoms with Crippen LogP contribution < -0.4 is 10.6 Å². The van der Waals surface area contributed by atoms with Crippen molar-refractivity contribution < 1.29 is 13.7 Å². The number of benzene rings is 2. The molecule has 0 unspecified atom stereocenters. The van der Waals surface area contributed by atoms with Gasteiger partial charge in [-0.15, -0.1) is 0 Å². The lowest BCUT2D eigenvalue weighted by atomic mass is 9.93. The summed E-state index contributed by atoms with van der Waals surface area (Å²) in [5, 5.41) is 9.24. The Morgan fingerprint density at radius 1 is 1.07 bits per heavy atom. The van der Waals surface area contributed by atoms with Gasteiger partial charge in [0.05, 0.1) is 11.0 Å². The number of urea groups is 1. The van der Waals surface area contributed by atoms with Gasteiger partial charge < -0.3 is 9.84 Å². The quantitative estimate of drug-likeness (QED) is 0.507. The number of hydrogen-bond donors (Lipinski definition) is 2. The van der Waals surface area contributed by atoms with Crippen LogP contribution in [-0.2, 0) is 5.41 Å². The molecule has 7 nitrogen and oxygen atoms in total. The molecule has 8 heteroatoms. The largest absolute Gasteiger partial charge is 0.359 e. The molecule has 2 amide bonds. The summed E-state index contributed by atoms with van der Waals surface area (Å²) in [4.78, 5) is 16.5. The maximum Gasteiger partial charge on any atom is 0.324 e. The van der Waals surface area contributed by atoms with E-state index in [2.05, 4.69) is 20.8 Å². The first-order chi connectivity index (χ1) is 13.8. The molecule has 2 N–H and O–H groups in total. The molecular formula is C21H20FN5O2. The highest BCUT2D eigenvalue weighted by Gasteiger charge is 2.20. The molecule has 0 saturated heterocycles. The molecule has 2 heterocycles. The summed E-state index contributed by atoms with van der Waals surface area (Å²) in [6.07, 6.45) is 1.64. The van der Waals surface area contributed by atoms with Gasteiger partial charge in [0.2, 0.25) is 0 Å². The summed E-state index contributed by atoms with van der Waals surface area (Å²) >= 11 is 0. The van der Waals surface area contributed by atoms with Gasteiger partial charge in [0.15, 0.2) is 5.82 Å². The minimum absolute atomic E-state index is 0.195. The first kappa shape index (κ1) is 18.7. The van der Waals surface area contributed by atoms with Crippen molar-refractivity contribution in [3.05, 3.63) is 66.4 Å². The normalized spacial score (nSPS) is 11.6. The lowest BCUT2D eigenvalue weighted by molar-refractivity contribution is 0.262. The highest BCUT2D eigenvalue weighted by Crippen LogP contribution is 2.25. The maximum atomic E-state index is 13.6. The van der Waals surface area contributed by atoms with E-state index in [0.29, 0.717) is 28.3 Å². The molecule has 0 radical (unpaired) electrons. The molecule has 0 bridgehead atoms. The van der Waals surface area contributed by atoms with Crippen LogP contribution >= 0.6 is 0 Å². The fourth-order valence-corrected chi connectivity index (χ4v) is 2.86. The topological polar surface area (TPSA) is 85.0 Å². The zero-order valence-corrected chi connectivity index (χ0v) is 16.2. The van der Waals surface area contributed by atoms with E-state index < -0.39 is 6.03 Å². The van der Waals surface area contributed by atoms with E-state index in [1.54, 1.807) is 35.2 Å². The van der Waals surface area contributed by atoms with Gasteiger partial charge in [-0.2, -0.15) is 0 Å². The molecule has 29 heavy (non-hydrogen) atoms. The average Bonchev–Trinajstić information content (AvgIpc) is 3.29. The monoisotopic (exact) mass is 393 g/mol. The minimum atomic E-state index is -0.429. The molecule has 2 aromatic carbocycles. The van der Waals surface area contributed by atoms with Crippen molar-refractivity contribution in [3.8, 4) is 5.69 Å². The summed E-state index contributed by atoms with van der Waals surface area (Å²) in [6.45, 7) is 5.99. The third kappa shape index (κ3) is 3.96. The molecule has 2 aromatic heterocycles. The van der Waals surface area contributed by atoms with Gasteiger partial charge >= 0.3 is 6.03 Å². The number of rotatable bonds is 3. The fraction of sp³-hybridized carbons (Fsp3) is 0.190. The van der Waals surface area contributed by atoms with Crippen LogP contribution in [0.25, 0.3) is 16.7 Å². The fourth-order valence-electron chi connectivity index (χ4n) is 2.86. The van der Waals surface area contributed by atoms with Gasteiger partial charge in [0, 0.05) is 28.9 Å². The predicted molar refractivity (Wildman–Crippen MR) is 109 cm³/mol. The highest BCUT2D eigenvalue weighted by molar-refractivity contribution is 5.99. The molecule has 0 atom stereocenters. The van der Waals surface area contributed by atoms with Crippen molar-refractivity contribution in [2.75, 3.05) is 10.6 Å². The molecular weight excluding hydrogens is 373 g/mol. The molecule has 0 aliphatic carbocycles. The van der Waals surface area contributed by atoms with Gasteiger partial charge in [-0.25, -0.2) is 14.2 Å². The van der Waals surface area contributed by atoms with Crippen LogP contribution in [0.15, 0.2) is 59.4 Å². The van der Waals surface area contributed by atoms with Crippen LogP contribution in [0.1, 0.15) is 26.5 Å². The second-order valence-corrected chi connectivity index (χ2v) is 7.70. The molecule has 4 aromatic rings. The van der Waals surface area contributed by atoms with Gasteiger partial charge in [0.1, 0.15) is 17.9 Å². The summed E-state index contributed by atoms with van der Waals surface area (Å²) in [6, 6.07) is 12.9. The van der Waals surface area contributed by atoms with E-state index in [1.807, 2.05) is 32.9 Å². The van der Waals surface area contributed by atoms with Crippen LogP contribution in [0.3, 0.4) is 0 Å². The van der Waals surface area contributed by atoms with Crippen LogP contribution in [0, 0.1) is 5.82 Å². The second-order valence-electron chi connectivity index (χ2n) is 7.70. The van der Waals surface area contributed by atoms with Gasteiger partial charge in [0.25, 0.3) is 0 Å². The van der Waals surface area contributed by atoms with E-state index >= 15 is 0 Å². The van der Waals surface area contributed by atoms with Crippen LogP contribution in [-0.4, -0.2) is 20.7 Å². The maximum absolute atomic E-state index is 13.6. The zero-order chi connectivity index (χ0) is 20.6. The Bertz CT molecular complexity index is 1170. The van der Waals surface area contributed by atoms with Gasteiger partial charge in [-0.05, 0) is 36.4 Å². The zero-order valence-electron chi connectivity index (χ0n) is 16.2. The standard InChI is InChI=1S/C21H20FN5O2/c1-21(2,3)18-11-19(26-29-18)25-20(28)24-14-5-7-15(8-6-14)27-12-23-16-9-4-13(22)10-17(16)27/h4-12H,1-3H3,(H2,24,25,26,28). The van der Waals surface area contributed by atoms with E-state index in [4.69, 9.17) is 4.52 Å². The summed E-state index contributed by atoms with van der Waals surface area (Å²) in [5.41, 5.74) is 2.58. The first-order valence-electron chi connectivity index (χ1n) is 9.08. The summed E-state index contributed by atoms with van der Waals surface area (Å²) in [7, 11) is 0. The highest BCUT2D eigenvalue weighted by atomic mass is 19.1. The Kier molecular flexibility index (Phi) is 4.54. The average molecular weight is 393 g/mol. The number of nitrogens with one attached hydrogen (secondary N) is 2. The SMILES string of the molecule is CC(C)(C)c1cc(NC(=O)Nc2ccc(-n3cnc4ccc(F)cc43)cc2)no1. The van der Waals surface area contributed by atoms with Crippen molar-refractivity contribution in [3.63, 3.8) is 0 Å². The van der Waals surface area contributed by atoms with E-state index in [0.717, 1.165) is 5.69 Å². The third-order valence-corrected chi connectivity index (χ3v) is 4.40. The predicted octanol–water partition coefficient (Wildman–Crippen LogP) is 5.09. The summed E-state index contributed by atoms with van der Waals surface area (Å²) in [5.74, 6) is 0.703. The van der Waals surface area contributed by atoms with E-state index in [-0.39, 0.29) is 11.2 Å². The number of imidazole rings is 1. The number of fused-ring (bicyclic) bond motifs is 1. The number of amides is 2. The Labute approximate surface area is 166 Å². The molecule has 0 saturated carbocycles. The number of carbonyl (C=O) groups excluding carboxylic acids is 1. The van der Waals surface area contributed by atoms with E-state index in [9.17, 15) is 9.18 Å². The number of aromatic nitrogens is 3. The molecule has 4 rings (SSSR count). The lowest BCUT2D eigenvalue weighted by Gasteiger charge is -2.12. The number of hydrogen-bond acceptors (Lipinski definition) is 4. The van der Waals surface area contributed by atoms with Crippen molar-refractivity contribution >= 4 is 28.6 Å². The Morgan fingerprint density at radius 2 is 1.83 bits per heavy atom. The number of carbonyl (C=O) groups is 1. The van der Waals surface area contributed by atoms with Crippen molar-refractivity contribution in [1.82, 2.24) is 14.7 Å². The van der Waals surface area contributed by atoms with Crippen molar-refractivity contribution in [1.29, 1.82) is 0 Å². The summed E-state index contributed by atoms with van der Waals surface area (Å²) < 4.78 is 20.6. The lowest BCUT2D eigenvalue weighted by Crippen LogP contribution is -2.19. The van der Waals surface area contributed by atoms with E-state index in [1.165, 1.54) is 12.1 Å². The number of halogens is 1. The molecule has 0 fully saturated rings. The molecule has 0 aliphatic heterocycles. The first-order valence-corrected chi connectivity index (χ1v) is 9.08. The molecule has 148 valence electrons. The Morgan fingerprint density at radius 3 is 2.52 bits per heavy atom. The van der Waals surface area contributed by atoms with Crippen molar-refractivity contribution in [2.24, 2.45) is 0 Å². The van der Waals surface area contributed by atoms with Gasteiger partial charge in [-0.1, -0.05) is 25.9 Å². The van der Waals surface area contributed by atoms with Gasteiger partial charge in [-0.3, -0.25) is 9.88 Å². The Balaban J connectivity index is 1.46. The minimum Gasteiger partial charge on any atom is -0.359 e. The number of nitrogens with zero attached hydrogens (tertiary/aromatic N) is 3. The third-order valence-electron chi connectivity index (χ3n) is 4.40. The Hall–Kier alpha value is -3.68. The number of anilines is 2. The molecule has 0 aliphatic rings. The smallest absolute Gasteiger partial charge is 0.324 e. The van der Waals surface area contributed by atoms with Crippen LogP contribution in [0.5, 0.6) is 0 Å². The van der Waals surface area contributed by atoms with Crippen molar-refractivity contribution in [2.45, 2.75) is 26.2 Å². The second kappa shape index (κ2) is 7.05. The molecule has 0 spiro atoms. The van der Waals surface area contributed by atoms with Crippen LogP contribution in [0.2, 0.25) is 0 Å². The van der Waals surface area contributed by atoms with Crippen LogP contribution in [0.4, 0.5) is 20.7 Å².